The Morgan fingerprint density at radius 2 is 2.22 bits per heavy atom. The third-order valence-corrected chi connectivity index (χ3v) is 2.99. The molecule has 0 aromatic heterocycles. The van der Waals surface area contributed by atoms with Crippen LogP contribution in [0.4, 0.5) is 5.69 Å². The van der Waals surface area contributed by atoms with Crippen LogP contribution < -0.4 is 5.32 Å². The van der Waals surface area contributed by atoms with Crippen LogP contribution in [-0.4, -0.2) is 16.6 Å². The van der Waals surface area contributed by atoms with Gasteiger partial charge in [0.25, 0.3) is 0 Å². The summed E-state index contributed by atoms with van der Waals surface area (Å²) in [5.74, 6) is -0.867. The van der Waals surface area contributed by atoms with Gasteiger partial charge >= 0.3 is 5.97 Å². The van der Waals surface area contributed by atoms with E-state index >= 15 is 0 Å². The summed E-state index contributed by atoms with van der Waals surface area (Å²) >= 11 is 0. The minimum Gasteiger partial charge on any atom is -0.480 e. The first-order valence-corrected chi connectivity index (χ1v) is 5.95. The smallest absolute Gasteiger partial charge is 0.329 e. The molecule has 4 nitrogen and oxygen atoms in total. The molecule has 0 radical (unpaired) electrons. The number of hydrogen-bond acceptors (Lipinski definition) is 3. The van der Waals surface area contributed by atoms with Gasteiger partial charge in [-0.15, -0.1) is 0 Å². The van der Waals surface area contributed by atoms with E-state index in [0.717, 1.165) is 17.7 Å². The van der Waals surface area contributed by atoms with Gasteiger partial charge in [0, 0.05) is 5.69 Å². The molecular weight excluding hydrogens is 228 g/mol. The fourth-order valence-electron chi connectivity index (χ4n) is 1.89. The number of benzene rings is 1. The van der Waals surface area contributed by atoms with Crippen molar-refractivity contribution in [1.29, 1.82) is 5.26 Å². The Morgan fingerprint density at radius 3 is 2.67 bits per heavy atom. The predicted molar refractivity (Wildman–Crippen MR) is 70.5 cm³/mol. The van der Waals surface area contributed by atoms with Crippen LogP contribution in [0.15, 0.2) is 18.2 Å². The zero-order valence-electron chi connectivity index (χ0n) is 10.9. The van der Waals surface area contributed by atoms with E-state index in [0.29, 0.717) is 12.0 Å². The number of nitriles is 1. The van der Waals surface area contributed by atoms with Gasteiger partial charge in [0.05, 0.1) is 11.6 Å². The number of carboxylic acid groups (broad SMARTS) is 1. The maximum Gasteiger partial charge on any atom is 0.329 e. The van der Waals surface area contributed by atoms with Crippen molar-refractivity contribution in [3.8, 4) is 6.07 Å². The maximum absolute atomic E-state index is 11.3. The van der Waals surface area contributed by atoms with E-state index in [-0.39, 0.29) is 0 Å². The number of carboxylic acids is 1. The minimum atomic E-state index is -0.979. The monoisotopic (exact) mass is 246 g/mol. The summed E-state index contributed by atoms with van der Waals surface area (Å²) in [5, 5.41) is 21.2. The van der Waals surface area contributed by atoms with Crippen LogP contribution >= 0.6 is 0 Å². The van der Waals surface area contributed by atoms with Crippen LogP contribution in [0.25, 0.3) is 0 Å². The standard InChI is InChI=1S/C14H18N2O2/c1-4-7-14(3,13(17)18)16-12-6-5-11(9-15)8-10(12)2/h5-6,8,16H,4,7H2,1-3H3,(H,17,18). The number of hydrogen-bond donors (Lipinski definition) is 2. The Hall–Kier alpha value is -2.02. The van der Waals surface area contributed by atoms with Crippen LogP contribution in [0, 0.1) is 18.3 Å². The number of nitrogens with one attached hydrogen (secondary N) is 1. The molecule has 0 amide bonds. The lowest BCUT2D eigenvalue weighted by atomic mass is 9.95. The predicted octanol–water partition coefficient (Wildman–Crippen LogP) is 2.92. The second-order valence-corrected chi connectivity index (χ2v) is 4.65. The first kappa shape index (κ1) is 14.0. The Balaban J connectivity index is 3.02. The third kappa shape index (κ3) is 3.01. The van der Waals surface area contributed by atoms with Crippen LogP contribution in [-0.2, 0) is 4.79 Å². The normalized spacial score (nSPS) is 13.4. The minimum absolute atomic E-state index is 0.543. The molecule has 0 bridgehead atoms. The van der Waals surface area contributed by atoms with Gasteiger partial charge in [-0.2, -0.15) is 5.26 Å². The van der Waals surface area contributed by atoms with Crippen molar-refractivity contribution in [3.05, 3.63) is 29.3 Å². The zero-order valence-corrected chi connectivity index (χ0v) is 10.9. The van der Waals surface area contributed by atoms with E-state index in [4.69, 9.17) is 5.26 Å². The molecule has 0 spiro atoms. The summed E-state index contributed by atoms with van der Waals surface area (Å²) in [4.78, 5) is 11.3. The summed E-state index contributed by atoms with van der Waals surface area (Å²) in [6.07, 6.45) is 1.33. The van der Waals surface area contributed by atoms with E-state index in [2.05, 4.69) is 11.4 Å². The van der Waals surface area contributed by atoms with Crippen molar-refractivity contribution in [2.45, 2.75) is 39.2 Å². The van der Waals surface area contributed by atoms with Crippen LogP contribution in [0.1, 0.15) is 37.8 Å². The van der Waals surface area contributed by atoms with Crippen LogP contribution in [0.2, 0.25) is 0 Å². The second-order valence-electron chi connectivity index (χ2n) is 4.65. The molecule has 1 atom stereocenters. The fourth-order valence-corrected chi connectivity index (χ4v) is 1.89. The van der Waals surface area contributed by atoms with Crippen molar-refractivity contribution < 1.29 is 9.90 Å². The molecule has 0 aliphatic heterocycles. The van der Waals surface area contributed by atoms with Gasteiger partial charge in [0.2, 0.25) is 0 Å². The molecule has 1 rings (SSSR count). The van der Waals surface area contributed by atoms with Crippen molar-refractivity contribution in [1.82, 2.24) is 0 Å². The molecule has 2 N–H and O–H groups in total. The number of aryl methyl sites for hydroxylation is 1. The summed E-state index contributed by atoms with van der Waals surface area (Å²) in [5.41, 5.74) is 1.23. The van der Waals surface area contributed by atoms with Crippen LogP contribution in [0.5, 0.6) is 0 Å². The van der Waals surface area contributed by atoms with Gasteiger partial charge in [-0.25, -0.2) is 4.79 Å². The van der Waals surface area contributed by atoms with Gasteiger partial charge in [-0.3, -0.25) is 0 Å². The lowest BCUT2D eigenvalue weighted by molar-refractivity contribution is -0.141. The Morgan fingerprint density at radius 1 is 1.56 bits per heavy atom. The number of nitrogens with zero attached hydrogens (tertiary/aromatic N) is 1. The summed E-state index contributed by atoms with van der Waals surface area (Å²) < 4.78 is 0. The second kappa shape index (κ2) is 5.54. The molecule has 0 heterocycles. The summed E-state index contributed by atoms with van der Waals surface area (Å²) in [6, 6.07) is 7.25. The van der Waals surface area contributed by atoms with Gasteiger partial charge in [0.15, 0.2) is 0 Å². The Kier molecular flexibility index (Phi) is 4.33. The van der Waals surface area contributed by atoms with Gasteiger partial charge in [0.1, 0.15) is 5.54 Å². The average molecular weight is 246 g/mol. The molecule has 96 valence electrons. The molecule has 0 aliphatic carbocycles. The first-order valence-electron chi connectivity index (χ1n) is 5.95. The Bertz CT molecular complexity index is 491. The first-order chi connectivity index (χ1) is 8.42. The van der Waals surface area contributed by atoms with E-state index in [1.165, 1.54) is 0 Å². The molecule has 4 heteroatoms. The highest BCUT2D eigenvalue weighted by Gasteiger charge is 2.32. The van der Waals surface area contributed by atoms with E-state index in [9.17, 15) is 9.90 Å². The van der Waals surface area contributed by atoms with Crippen LogP contribution in [0.3, 0.4) is 0 Å². The number of carbonyl (C=O) groups is 1. The molecule has 18 heavy (non-hydrogen) atoms. The molecule has 0 saturated heterocycles. The highest BCUT2D eigenvalue weighted by molar-refractivity contribution is 5.82. The molecule has 1 aromatic rings. The zero-order chi connectivity index (χ0) is 13.8. The number of anilines is 1. The van der Waals surface area contributed by atoms with E-state index < -0.39 is 11.5 Å². The molecular formula is C14H18N2O2. The number of aliphatic carboxylic acids is 1. The van der Waals surface area contributed by atoms with Crippen molar-refractivity contribution in [3.63, 3.8) is 0 Å². The largest absolute Gasteiger partial charge is 0.480 e. The summed E-state index contributed by atoms with van der Waals surface area (Å²) in [7, 11) is 0. The molecule has 0 fully saturated rings. The van der Waals surface area contributed by atoms with Crippen molar-refractivity contribution >= 4 is 11.7 Å². The lowest BCUT2D eigenvalue weighted by Gasteiger charge is -2.28. The quantitative estimate of drug-likeness (QED) is 0.837. The molecule has 1 aromatic carbocycles. The highest BCUT2D eigenvalue weighted by Crippen LogP contribution is 2.24. The Labute approximate surface area is 107 Å². The van der Waals surface area contributed by atoms with Gasteiger partial charge in [-0.1, -0.05) is 13.3 Å². The highest BCUT2D eigenvalue weighted by atomic mass is 16.4. The molecule has 0 aliphatic rings. The lowest BCUT2D eigenvalue weighted by Crippen LogP contribution is -2.43. The summed E-state index contributed by atoms with van der Waals surface area (Å²) in [6.45, 7) is 5.49. The fraction of sp³-hybridized carbons (Fsp3) is 0.429. The van der Waals surface area contributed by atoms with E-state index in [1.54, 1.807) is 25.1 Å². The SMILES string of the molecule is CCCC(C)(Nc1ccc(C#N)cc1C)C(=O)O. The van der Waals surface area contributed by atoms with Crippen molar-refractivity contribution in [2.24, 2.45) is 0 Å². The van der Waals surface area contributed by atoms with Crippen molar-refractivity contribution in [2.75, 3.05) is 5.32 Å². The average Bonchev–Trinajstić information content (AvgIpc) is 2.32. The van der Waals surface area contributed by atoms with Gasteiger partial charge in [-0.05, 0) is 44.0 Å². The molecule has 1 unspecified atom stereocenters. The topological polar surface area (TPSA) is 73.1 Å². The maximum atomic E-state index is 11.3. The third-order valence-electron chi connectivity index (χ3n) is 2.99. The van der Waals surface area contributed by atoms with Gasteiger partial charge < -0.3 is 10.4 Å². The van der Waals surface area contributed by atoms with E-state index in [1.807, 2.05) is 13.8 Å². The molecule has 0 saturated carbocycles. The number of rotatable bonds is 5.